The summed E-state index contributed by atoms with van der Waals surface area (Å²) in [5.41, 5.74) is 1.38. The molecule has 108 valence electrons. The maximum Gasteiger partial charge on any atom is 0.317 e. The Kier molecular flexibility index (Phi) is 3.97. The van der Waals surface area contributed by atoms with Crippen LogP contribution in [0.1, 0.15) is 24.5 Å². The second-order valence-corrected chi connectivity index (χ2v) is 5.62. The number of amides is 2. The highest BCUT2D eigenvalue weighted by atomic mass is 16.4. The smallest absolute Gasteiger partial charge is 0.317 e. The average Bonchev–Trinajstić information content (AvgIpc) is 2.82. The van der Waals surface area contributed by atoms with Crippen LogP contribution >= 0.6 is 0 Å². The second kappa shape index (κ2) is 5.53. The number of hydrogen-bond acceptors (Lipinski definition) is 2. The molecule has 2 N–H and O–H groups in total. The van der Waals surface area contributed by atoms with E-state index in [-0.39, 0.29) is 12.6 Å². The Balaban J connectivity index is 1.91. The fraction of sp³-hybridized carbons (Fsp3) is 0.467. The zero-order valence-electron chi connectivity index (χ0n) is 11.8. The van der Waals surface area contributed by atoms with Gasteiger partial charge in [-0.2, -0.15) is 0 Å². The van der Waals surface area contributed by atoms with Crippen LogP contribution in [0.2, 0.25) is 0 Å². The van der Waals surface area contributed by atoms with Gasteiger partial charge in [-0.05, 0) is 31.4 Å². The number of nitrogens with zero attached hydrogens (tertiary/aromatic N) is 1. The Morgan fingerprint density at radius 2 is 2.10 bits per heavy atom. The van der Waals surface area contributed by atoms with Crippen LogP contribution < -0.4 is 5.32 Å². The molecule has 0 bridgehead atoms. The van der Waals surface area contributed by atoms with Crippen LogP contribution in [-0.4, -0.2) is 35.1 Å². The predicted octanol–water partition coefficient (Wildman–Crippen LogP) is 2.00. The maximum absolute atomic E-state index is 12.1. The molecule has 20 heavy (non-hydrogen) atoms. The first-order chi connectivity index (χ1) is 9.42. The summed E-state index contributed by atoms with van der Waals surface area (Å²) in [7, 11) is 0. The molecule has 1 fully saturated rings. The lowest BCUT2D eigenvalue weighted by atomic mass is 9.90. The Bertz CT molecular complexity index is 530. The third-order valence-electron chi connectivity index (χ3n) is 3.97. The van der Waals surface area contributed by atoms with Crippen molar-refractivity contribution < 1.29 is 14.7 Å². The summed E-state index contributed by atoms with van der Waals surface area (Å²) >= 11 is 0. The zero-order chi connectivity index (χ0) is 14.8. The van der Waals surface area contributed by atoms with Gasteiger partial charge in [0.1, 0.15) is 0 Å². The Morgan fingerprint density at radius 3 is 2.70 bits per heavy atom. The molecule has 1 saturated heterocycles. The van der Waals surface area contributed by atoms with E-state index in [1.165, 1.54) is 0 Å². The number of likely N-dealkylation sites (tertiary alicyclic amines) is 1. The molecule has 1 unspecified atom stereocenters. The molecule has 0 aromatic heterocycles. The van der Waals surface area contributed by atoms with Gasteiger partial charge < -0.3 is 15.3 Å². The molecule has 0 radical (unpaired) electrons. The first-order valence-electron chi connectivity index (χ1n) is 6.73. The van der Waals surface area contributed by atoms with Crippen LogP contribution in [0.3, 0.4) is 0 Å². The topological polar surface area (TPSA) is 69.6 Å². The summed E-state index contributed by atoms with van der Waals surface area (Å²) < 4.78 is 0. The number of aryl methyl sites for hydroxylation is 1. The number of benzene rings is 1. The zero-order valence-corrected chi connectivity index (χ0v) is 11.8. The van der Waals surface area contributed by atoms with Gasteiger partial charge in [0.25, 0.3) is 0 Å². The van der Waals surface area contributed by atoms with E-state index >= 15 is 0 Å². The lowest BCUT2D eigenvalue weighted by Crippen LogP contribution is -2.40. The fourth-order valence-electron chi connectivity index (χ4n) is 2.40. The van der Waals surface area contributed by atoms with Gasteiger partial charge in [-0.1, -0.05) is 24.3 Å². The molecular formula is C15H20N2O3. The standard InChI is InChI=1S/C15H20N2O3/c1-11-5-3-4-6-12(11)9-16-14(20)17-8-7-15(2,10-17)13(18)19/h3-6H,7-10H2,1-2H3,(H,16,20)(H,18,19). The summed E-state index contributed by atoms with van der Waals surface area (Å²) in [5.74, 6) is -0.841. The number of carboxylic acids is 1. The van der Waals surface area contributed by atoms with E-state index in [9.17, 15) is 9.59 Å². The van der Waals surface area contributed by atoms with Crippen molar-refractivity contribution in [3.63, 3.8) is 0 Å². The minimum absolute atomic E-state index is 0.196. The highest BCUT2D eigenvalue weighted by Crippen LogP contribution is 2.29. The van der Waals surface area contributed by atoms with E-state index in [2.05, 4.69) is 5.32 Å². The summed E-state index contributed by atoms with van der Waals surface area (Å²) in [6.45, 7) is 4.90. The van der Waals surface area contributed by atoms with Gasteiger partial charge in [0.15, 0.2) is 0 Å². The van der Waals surface area contributed by atoms with Gasteiger partial charge >= 0.3 is 12.0 Å². The normalized spacial score (nSPS) is 21.8. The summed E-state index contributed by atoms with van der Waals surface area (Å²) in [5, 5.41) is 12.0. The lowest BCUT2D eigenvalue weighted by Gasteiger charge is -2.20. The van der Waals surface area contributed by atoms with Gasteiger partial charge in [0.05, 0.1) is 5.41 Å². The van der Waals surface area contributed by atoms with Crippen LogP contribution in [0.4, 0.5) is 4.79 Å². The number of hydrogen-bond donors (Lipinski definition) is 2. The SMILES string of the molecule is Cc1ccccc1CNC(=O)N1CCC(C)(C(=O)O)C1. The Hall–Kier alpha value is -2.04. The molecule has 0 saturated carbocycles. The number of rotatable bonds is 3. The molecule has 2 amide bonds. The highest BCUT2D eigenvalue weighted by molar-refractivity contribution is 5.79. The molecule has 1 aromatic rings. The van der Waals surface area contributed by atoms with Gasteiger partial charge in [-0.3, -0.25) is 4.79 Å². The predicted molar refractivity (Wildman–Crippen MR) is 75.3 cm³/mol. The van der Waals surface area contributed by atoms with Crippen molar-refractivity contribution in [2.45, 2.75) is 26.8 Å². The fourth-order valence-corrected chi connectivity index (χ4v) is 2.40. The van der Waals surface area contributed by atoms with Crippen molar-refractivity contribution in [2.24, 2.45) is 5.41 Å². The number of carbonyl (C=O) groups is 2. The molecule has 5 nitrogen and oxygen atoms in total. The van der Waals surface area contributed by atoms with Crippen LogP contribution in [0.15, 0.2) is 24.3 Å². The van der Waals surface area contributed by atoms with Crippen molar-refractivity contribution in [3.05, 3.63) is 35.4 Å². The summed E-state index contributed by atoms with van der Waals surface area (Å²) in [4.78, 5) is 24.8. The van der Waals surface area contributed by atoms with Crippen molar-refractivity contribution in [3.8, 4) is 0 Å². The van der Waals surface area contributed by atoms with E-state index in [4.69, 9.17) is 5.11 Å². The van der Waals surface area contributed by atoms with Crippen molar-refractivity contribution in [1.82, 2.24) is 10.2 Å². The third-order valence-corrected chi connectivity index (χ3v) is 3.97. The molecule has 1 heterocycles. The van der Waals surface area contributed by atoms with E-state index in [1.807, 2.05) is 31.2 Å². The van der Waals surface area contributed by atoms with Gasteiger partial charge in [-0.15, -0.1) is 0 Å². The Morgan fingerprint density at radius 1 is 1.40 bits per heavy atom. The monoisotopic (exact) mass is 276 g/mol. The van der Waals surface area contributed by atoms with Crippen molar-refractivity contribution >= 4 is 12.0 Å². The van der Waals surface area contributed by atoms with Gasteiger partial charge in [0, 0.05) is 19.6 Å². The number of urea groups is 1. The van der Waals surface area contributed by atoms with E-state index in [0.29, 0.717) is 19.5 Å². The molecule has 2 rings (SSSR count). The second-order valence-electron chi connectivity index (χ2n) is 5.62. The summed E-state index contributed by atoms with van der Waals surface area (Å²) in [6, 6.07) is 7.67. The van der Waals surface area contributed by atoms with Crippen LogP contribution in [0, 0.1) is 12.3 Å². The van der Waals surface area contributed by atoms with Gasteiger partial charge in [-0.25, -0.2) is 4.79 Å². The van der Waals surface area contributed by atoms with Crippen LogP contribution in [0.5, 0.6) is 0 Å². The van der Waals surface area contributed by atoms with Crippen LogP contribution in [0.25, 0.3) is 0 Å². The maximum atomic E-state index is 12.1. The van der Waals surface area contributed by atoms with E-state index < -0.39 is 11.4 Å². The van der Waals surface area contributed by atoms with Gasteiger partial charge in [0.2, 0.25) is 0 Å². The molecule has 1 atom stereocenters. The average molecular weight is 276 g/mol. The lowest BCUT2D eigenvalue weighted by molar-refractivity contribution is -0.146. The van der Waals surface area contributed by atoms with E-state index in [0.717, 1.165) is 11.1 Å². The van der Waals surface area contributed by atoms with Crippen molar-refractivity contribution in [2.75, 3.05) is 13.1 Å². The highest BCUT2D eigenvalue weighted by Gasteiger charge is 2.42. The third kappa shape index (κ3) is 2.92. The molecule has 1 aromatic carbocycles. The molecular weight excluding hydrogens is 256 g/mol. The first kappa shape index (κ1) is 14.4. The molecule has 1 aliphatic rings. The Labute approximate surface area is 118 Å². The number of aliphatic carboxylic acids is 1. The van der Waals surface area contributed by atoms with Crippen LogP contribution in [-0.2, 0) is 11.3 Å². The van der Waals surface area contributed by atoms with Crippen molar-refractivity contribution in [1.29, 1.82) is 0 Å². The molecule has 5 heteroatoms. The van der Waals surface area contributed by atoms with E-state index in [1.54, 1.807) is 11.8 Å². The number of carbonyl (C=O) groups excluding carboxylic acids is 1. The quantitative estimate of drug-likeness (QED) is 0.887. The molecule has 0 aliphatic carbocycles. The molecule has 1 aliphatic heterocycles. The largest absolute Gasteiger partial charge is 0.481 e. The molecule has 0 spiro atoms. The minimum Gasteiger partial charge on any atom is -0.481 e. The minimum atomic E-state index is -0.841. The number of nitrogens with one attached hydrogen (secondary N) is 1. The first-order valence-corrected chi connectivity index (χ1v) is 6.73. The number of carboxylic acid groups (broad SMARTS) is 1. The summed E-state index contributed by atoms with van der Waals surface area (Å²) in [6.07, 6.45) is 0.500.